The van der Waals surface area contributed by atoms with Crippen LogP contribution in [-0.2, 0) is 4.74 Å². The van der Waals surface area contributed by atoms with Gasteiger partial charge in [-0.25, -0.2) is 4.79 Å². The van der Waals surface area contributed by atoms with Crippen LogP contribution in [0, 0.1) is 0 Å². The molecule has 0 aliphatic carbocycles. The predicted octanol–water partition coefficient (Wildman–Crippen LogP) is 4.29. The third-order valence-electron chi connectivity index (χ3n) is 4.84. The number of carbonyl (C=O) groups is 2. The minimum absolute atomic E-state index is 0.128. The Hall–Kier alpha value is -3.34. The van der Waals surface area contributed by atoms with E-state index in [2.05, 4.69) is 23.5 Å². The lowest BCUT2D eigenvalue weighted by molar-refractivity contribution is 0.0940. The number of amides is 2. The van der Waals surface area contributed by atoms with Gasteiger partial charge >= 0.3 is 6.09 Å². The molecule has 1 heterocycles. The fourth-order valence-electron chi connectivity index (χ4n) is 3.41. The van der Waals surface area contributed by atoms with Crippen molar-refractivity contribution in [2.75, 3.05) is 18.1 Å². The number of hydrogen-bond donors (Lipinski definition) is 1. The summed E-state index contributed by atoms with van der Waals surface area (Å²) in [5.74, 6) is -0.147. The van der Waals surface area contributed by atoms with E-state index in [0.29, 0.717) is 18.7 Å². The topological polar surface area (TPSA) is 58.6 Å². The molecule has 0 radical (unpaired) electrons. The fourth-order valence-corrected chi connectivity index (χ4v) is 3.41. The first-order valence-electron chi connectivity index (χ1n) is 8.96. The molecule has 1 aliphatic heterocycles. The number of fused-ring (bicyclic) bond motifs is 1. The molecule has 0 bridgehead atoms. The Bertz CT molecular complexity index is 993. The molecule has 1 unspecified atom stereocenters. The van der Waals surface area contributed by atoms with Gasteiger partial charge in [0, 0.05) is 11.3 Å². The average molecular weight is 360 g/mol. The molecule has 1 aliphatic rings. The summed E-state index contributed by atoms with van der Waals surface area (Å²) in [5.41, 5.74) is 2.37. The van der Waals surface area contributed by atoms with Crippen LogP contribution in [0.3, 0.4) is 0 Å². The van der Waals surface area contributed by atoms with Crippen molar-refractivity contribution in [1.82, 2.24) is 5.32 Å². The summed E-state index contributed by atoms with van der Waals surface area (Å²) in [5, 5.41) is 5.34. The molecule has 0 spiro atoms. The Kier molecular flexibility index (Phi) is 4.50. The van der Waals surface area contributed by atoms with Crippen molar-refractivity contribution < 1.29 is 14.3 Å². The van der Waals surface area contributed by atoms with Crippen molar-refractivity contribution in [3.63, 3.8) is 0 Å². The Labute approximate surface area is 157 Å². The summed E-state index contributed by atoms with van der Waals surface area (Å²) in [7, 11) is 0. The number of hydrogen-bond acceptors (Lipinski definition) is 3. The minimum Gasteiger partial charge on any atom is -0.447 e. The minimum atomic E-state index is -0.350. The highest BCUT2D eigenvalue weighted by Gasteiger charge is 2.23. The maximum atomic E-state index is 12.6. The molecule has 2 amide bonds. The number of rotatable bonds is 4. The van der Waals surface area contributed by atoms with Crippen molar-refractivity contribution in [1.29, 1.82) is 0 Å². The Balaban J connectivity index is 1.50. The van der Waals surface area contributed by atoms with E-state index in [-0.39, 0.29) is 18.0 Å². The van der Waals surface area contributed by atoms with Gasteiger partial charge in [-0.15, -0.1) is 0 Å². The molecule has 5 heteroatoms. The molecule has 0 saturated carbocycles. The largest absolute Gasteiger partial charge is 0.447 e. The zero-order valence-electron chi connectivity index (χ0n) is 15.0. The molecule has 136 valence electrons. The lowest BCUT2D eigenvalue weighted by atomic mass is 9.99. The van der Waals surface area contributed by atoms with Crippen molar-refractivity contribution >= 4 is 28.5 Å². The van der Waals surface area contributed by atoms with E-state index in [4.69, 9.17) is 4.74 Å². The van der Waals surface area contributed by atoms with Gasteiger partial charge in [0.05, 0.1) is 12.6 Å². The van der Waals surface area contributed by atoms with E-state index in [1.165, 1.54) is 0 Å². The van der Waals surface area contributed by atoms with Crippen molar-refractivity contribution in [3.05, 3.63) is 77.9 Å². The summed E-state index contributed by atoms with van der Waals surface area (Å²) in [4.78, 5) is 25.8. The van der Waals surface area contributed by atoms with Crippen LogP contribution in [0.5, 0.6) is 0 Å². The lowest BCUT2D eigenvalue weighted by Gasteiger charge is -2.17. The van der Waals surface area contributed by atoms with Crippen molar-refractivity contribution in [2.45, 2.75) is 13.0 Å². The summed E-state index contributed by atoms with van der Waals surface area (Å²) < 4.78 is 4.94. The van der Waals surface area contributed by atoms with Crippen LogP contribution in [0.1, 0.15) is 28.9 Å². The molecule has 1 saturated heterocycles. The maximum absolute atomic E-state index is 12.6. The molecule has 5 nitrogen and oxygen atoms in total. The zero-order chi connectivity index (χ0) is 18.8. The fraction of sp³-hybridized carbons (Fsp3) is 0.182. The molecule has 27 heavy (non-hydrogen) atoms. The monoisotopic (exact) mass is 360 g/mol. The molecule has 0 aromatic heterocycles. The molecule has 1 atom stereocenters. The lowest BCUT2D eigenvalue weighted by Crippen LogP contribution is -2.27. The summed E-state index contributed by atoms with van der Waals surface area (Å²) in [6.45, 7) is 2.90. The summed E-state index contributed by atoms with van der Waals surface area (Å²) >= 11 is 0. The van der Waals surface area contributed by atoms with E-state index in [9.17, 15) is 9.59 Å². The number of anilines is 1. The Morgan fingerprint density at radius 1 is 1.04 bits per heavy atom. The first-order valence-corrected chi connectivity index (χ1v) is 8.96. The normalized spacial score (nSPS) is 14.9. The van der Waals surface area contributed by atoms with E-state index < -0.39 is 0 Å². The van der Waals surface area contributed by atoms with E-state index in [1.54, 1.807) is 29.2 Å². The van der Waals surface area contributed by atoms with Crippen LogP contribution in [0.2, 0.25) is 0 Å². The van der Waals surface area contributed by atoms with Gasteiger partial charge in [0.15, 0.2) is 0 Å². The second kappa shape index (κ2) is 7.11. The quantitative estimate of drug-likeness (QED) is 0.755. The van der Waals surface area contributed by atoms with Gasteiger partial charge in [0.25, 0.3) is 5.91 Å². The first-order chi connectivity index (χ1) is 13.1. The van der Waals surface area contributed by atoms with E-state index in [1.807, 2.05) is 31.2 Å². The van der Waals surface area contributed by atoms with Crippen LogP contribution in [-0.4, -0.2) is 25.2 Å². The number of benzene rings is 3. The number of cyclic esters (lactones) is 1. The highest BCUT2D eigenvalue weighted by Crippen LogP contribution is 2.25. The van der Waals surface area contributed by atoms with Gasteiger partial charge in [-0.05, 0) is 47.5 Å². The first kappa shape index (κ1) is 17.1. The van der Waals surface area contributed by atoms with Gasteiger partial charge < -0.3 is 10.1 Å². The number of carbonyl (C=O) groups excluding carboxylic acids is 2. The second-order valence-electron chi connectivity index (χ2n) is 6.58. The van der Waals surface area contributed by atoms with Crippen molar-refractivity contribution in [3.8, 4) is 0 Å². The summed E-state index contributed by atoms with van der Waals surface area (Å²) in [6, 6.07) is 21.1. The Morgan fingerprint density at radius 3 is 2.52 bits per heavy atom. The molecular weight excluding hydrogens is 340 g/mol. The third kappa shape index (κ3) is 3.36. The van der Waals surface area contributed by atoms with Gasteiger partial charge in [0.2, 0.25) is 0 Å². The van der Waals surface area contributed by atoms with Crippen LogP contribution in [0.25, 0.3) is 10.8 Å². The second-order valence-corrected chi connectivity index (χ2v) is 6.58. The van der Waals surface area contributed by atoms with Gasteiger partial charge in [-0.2, -0.15) is 0 Å². The third-order valence-corrected chi connectivity index (χ3v) is 4.84. The van der Waals surface area contributed by atoms with Crippen LogP contribution in [0.15, 0.2) is 66.7 Å². The van der Waals surface area contributed by atoms with Crippen LogP contribution >= 0.6 is 0 Å². The molecule has 3 aromatic rings. The Morgan fingerprint density at radius 2 is 1.78 bits per heavy atom. The van der Waals surface area contributed by atoms with Crippen LogP contribution in [0.4, 0.5) is 10.5 Å². The number of nitrogens with zero attached hydrogens (tertiary/aromatic N) is 1. The number of ether oxygens (including phenoxy) is 1. The van der Waals surface area contributed by atoms with Gasteiger partial charge in [0.1, 0.15) is 6.61 Å². The molecule has 1 fully saturated rings. The smallest absolute Gasteiger partial charge is 0.414 e. The maximum Gasteiger partial charge on any atom is 0.414 e. The highest BCUT2D eigenvalue weighted by molar-refractivity contribution is 5.96. The SMILES string of the molecule is CC(NC(=O)c1ccc(N2CCOC2=O)cc1)c1cccc2ccccc12. The zero-order valence-corrected chi connectivity index (χ0v) is 15.0. The predicted molar refractivity (Wildman–Crippen MR) is 105 cm³/mol. The standard InChI is InChI=1S/C22H20N2O3/c1-15(19-8-4-6-16-5-2-3-7-20(16)19)23-21(25)17-9-11-18(12-10-17)24-13-14-27-22(24)26/h2-12,15H,13-14H2,1H3,(H,23,25). The molecule has 4 rings (SSSR count). The van der Waals surface area contributed by atoms with E-state index in [0.717, 1.165) is 22.0 Å². The average Bonchev–Trinajstić information content (AvgIpc) is 3.13. The summed E-state index contributed by atoms with van der Waals surface area (Å²) in [6.07, 6.45) is -0.350. The van der Waals surface area contributed by atoms with Crippen LogP contribution < -0.4 is 10.2 Å². The van der Waals surface area contributed by atoms with Crippen molar-refractivity contribution in [2.24, 2.45) is 0 Å². The van der Waals surface area contributed by atoms with Gasteiger partial charge in [-0.1, -0.05) is 42.5 Å². The molecule has 3 aromatic carbocycles. The van der Waals surface area contributed by atoms with E-state index >= 15 is 0 Å². The van der Waals surface area contributed by atoms with Gasteiger partial charge in [-0.3, -0.25) is 9.69 Å². The molecular formula is C22H20N2O3. The highest BCUT2D eigenvalue weighted by atomic mass is 16.6. The number of nitrogens with one attached hydrogen (secondary N) is 1. The molecule has 1 N–H and O–H groups in total.